The van der Waals surface area contributed by atoms with E-state index < -0.39 is 118 Å². The number of hydrogen-bond acceptors (Lipinski definition) is 26. The van der Waals surface area contributed by atoms with Gasteiger partial charge in [-0.05, 0) is 164 Å². The number of nitrogens with zero attached hydrogens (tertiary/aromatic N) is 20. The van der Waals surface area contributed by atoms with Gasteiger partial charge in [0.05, 0.1) is 108 Å². The Morgan fingerprint density at radius 3 is 1.12 bits per heavy atom. The van der Waals surface area contributed by atoms with Gasteiger partial charge in [0, 0.05) is 122 Å². The number of aromatic nitrogens is 9. The van der Waals surface area contributed by atoms with Crippen LogP contribution in [-0.2, 0) is 32.9 Å². The first-order valence-electron chi connectivity index (χ1n) is 43.6. The number of ether oxygens (including phenoxy) is 3. The Morgan fingerprint density at radius 2 is 0.788 bits per heavy atom. The highest BCUT2D eigenvalue weighted by atomic mass is 35.5. The molecule has 6 N–H and O–H groups in total. The van der Waals surface area contributed by atoms with Gasteiger partial charge in [0.25, 0.3) is 17.7 Å². The average molecular weight is 1980 g/mol. The minimum absolute atomic E-state index is 0.0102. The molecule has 3 amide bonds. The summed E-state index contributed by atoms with van der Waals surface area (Å²) in [5, 5.41) is 19.9. The number of amides is 3. The van der Waals surface area contributed by atoms with E-state index in [1.165, 1.54) is 67.0 Å². The molecule has 0 aliphatic carbocycles. The lowest BCUT2D eigenvalue weighted by molar-refractivity contribution is -0.138. The molecule has 137 heavy (non-hydrogen) atoms. The van der Waals surface area contributed by atoms with Crippen LogP contribution in [0, 0.1) is 55.3 Å². The Kier molecular flexibility index (Phi) is 31.0. The summed E-state index contributed by atoms with van der Waals surface area (Å²) in [7, 11) is 5.98. The fourth-order valence-electron chi connectivity index (χ4n) is 18.7. The molecule has 9 aromatic rings. The second kappa shape index (κ2) is 41.6. The summed E-state index contributed by atoms with van der Waals surface area (Å²) in [5.74, 6) is -4.69. The number of nitrogens with two attached hydrogens (primary N) is 3. The van der Waals surface area contributed by atoms with E-state index in [-0.39, 0.29) is 209 Å². The third kappa shape index (κ3) is 22.6. The average Bonchev–Trinajstić information content (AvgIpc) is 1.02. The molecule has 730 valence electrons. The predicted molar refractivity (Wildman–Crippen MR) is 493 cm³/mol. The van der Waals surface area contributed by atoms with Crippen molar-refractivity contribution in [1.82, 2.24) is 74.3 Å². The zero-order valence-electron chi connectivity index (χ0n) is 76.0. The standard InChI is InChI=1S/C32H35ClF4N8O2.C31H33ClF4N8O2.C29H31ClF5N7O2/c1-16-8-21(43(5)12-16)15-47-31-40-25-11-22(28-27(32(35,36)37)17(2)9-26(39)41-28)24(33)10-23(25)29(42-31)44-14-20(6-7-38)45(13-18(44)3)30(46)19(4)34;1-16-9-20(42(4)13-16)15-46-30-39-24-12-21(27-26(31(34,35)36)17(2)10-25(38)40-27)23(32)11-22(24)28(41-30)43-7-8-44(29(45)18(3)33)19(14-43)5-6-37;1-15-9-23(36)38-25(24(15)29(33,34)35)19-11-22-20(10-21(19)30)26(39-28(37-22)44-14-17-5-4-6-40(17)3)41-7-8-42(18(12-31)13-41)27(43)16(2)32/h9-11,16,18,20-21H,4,6,8,12-15H2,1-3,5H3,(H2,39,41);10-12,16,19-20H,3,5,7-9,13-15H2,1-2,4H3,(H2,38,40);9-11,17-18H,2,4-8,12-14H2,1,3H3,(H2,36,38)/t16-,18?,20-,21+;16-,19?,20+;17-,18?/m110/s1. The van der Waals surface area contributed by atoms with E-state index in [0.29, 0.717) is 39.6 Å². The van der Waals surface area contributed by atoms with Crippen LogP contribution >= 0.6 is 34.8 Å². The van der Waals surface area contributed by atoms with Crippen LogP contribution in [-0.4, -0.2) is 254 Å². The van der Waals surface area contributed by atoms with E-state index in [9.17, 15) is 82.0 Å². The van der Waals surface area contributed by atoms with Gasteiger partial charge in [0.15, 0.2) is 17.5 Å². The third-order valence-corrected chi connectivity index (χ3v) is 26.2. The first-order valence-corrected chi connectivity index (χ1v) is 44.8. The molecule has 6 saturated heterocycles. The van der Waals surface area contributed by atoms with Gasteiger partial charge in [-0.25, -0.2) is 32.5 Å². The van der Waals surface area contributed by atoms with Crippen LogP contribution in [0.4, 0.5) is 92.0 Å². The van der Waals surface area contributed by atoms with Crippen molar-refractivity contribution in [2.75, 3.05) is 152 Å². The molecule has 0 saturated carbocycles. The quantitative estimate of drug-likeness (QED) is 0.0444. The van der Waals surface area contributed by atoms with E-state index in [4.69, 9.17) is 71.2 Å². The molecule has 6 aliphatic heterocycles. The number of hydrogen-bond donors (Lipinski definition) is 3. The predicted octanol–water partition coefficient (Wildman–Crippen LogP) is 16.4. The first kappa shape index (κ1) is 102. The number of likely N-dealkylation sites (N-methyl/N-ethyl adjacent to an activating group) is 3. The number of benzene rings is 3. The smallest absolute Gasteiger partial charge is 0.418 e. The van der Waals surface area contributed by atoms with E-state index in [2.05, 4.69) is 94.2 Å². The summed E-state index contributed by atoms with van der Waals surface area (Å²) in [5.41, 5.74) is 13.5. The van der Waals surface area contributed by atoms with Crippen LogP contribution in [0.2, 0.25) is 15.1 Å². The number of aryl methyl sites for hydroxylation is 3. The molecule has 45 heteroatoms. The minimum atomic E-state index is -4.75. The van der Waals surface area contributed by atoms with Crippen LogP contribution in [0.5, 0.6) is 18.0 Å². The first-order chi connectivity index (χ1) is 64.5. The number of nitriles is 2. The highest BCUT2D eigenvalue weighted by Gasteiger charge is 2.45. The molecular weight excluding hydrogens is 1880 g/mol. The Bertz CT molecular complexity index is 6270. The third-order valence-electron chi connectivity index (χ3n) is 25.2. The summed E-state index contributed by atoms with van der Waals surface area (Å²) < 4.78 is 202. The van der Waals surface area contributed by atoms with E-state index >= 15 is 0 Å². The lowest BCUT2D eigenvalue weighted by Gasteiger charge is -2.45. The molecule has 12 heterocycles. The van der Waals surface area contributed by atoms with Crippen molar-refractivity contribution in [3.63, 3.8) is 0 Å². The highest BCUT2D eigenvalue weighted by Crippen LogP contribution is 2.49. The molecular formula is C92H99Cl3F13N23O6. The van der Waals surface area contributed by atoms with Crippen molar-refractivity contribution in [3.05, 3.63) is 140 Å². The number of rotatable bonds is 21. The molecule has 0 spiro atoms. The van der Waals surface area contributed by atoms with Gasteiger partial charge in [-0.15, -0.1) is 0 Å². The molecule has 9 atom stereocenters. The summed E-state index contributed by atoms with van der Waals surface area (Å²) in [4.78, 5) is 92.6. The summed E-state index contributed by atoms with van der Waals surface area (Å²) in [6.07, 6.45) is -10.7. The number of likely N-dealkylation sites (tertiary alicyclic amines) is 3. The van der Waals surface area contributed by atoms with E-state index in [1.54, 1.807) is 16.7 Å². The monoisotopic (exact) mass is 1970 g/mol. The largest absolute Gasteiger partial charge is 0.462 e. The number of carbonyl (C=O) groups is 3. The minimum Gasteiger partial charge on any atom is -0.462 e. The van der Waals surface area contributed by atoms with Crippen molar-refractivity contribution < 1.29 is 85.7 Å². The lowest BCUT2D eigenvalue weighted by atomic mass is 9.99. The maximum absolute atomic E-state index is 14.3. The number of carbonyl (C=O) groups excluding carboxylic acids is 3. The Morgan fingerprint density at radius 1 is 0.445 bits per heavy atom. The Balaban J connectivity index is 0.000000174. The lowest BCUT2D eigenvalue weighted by Crippen LogP contribution is -2.59. The number of pyridine rings is 3. The number of halogens is 16. The Hall–Kier alpha value is -12.2. The van der Waals surface area contributed by atoms with Crippen molar-refractivity contribution in [3.8, 4) is 63.9 Å². The number of fused-ring (bicyclic) bond motifs is 3. The maximum atomic E-state index is 14.3. The fraction of sp³-hybridized carbons (Fsp3) is 0.457. The van der Waals surface area contributed by atoms with Gasteiger partial charge in [-0.3, -0.25) is 24.2 Å². The van der Waals surface area contributed by atoms with Crippen LogP contribution in [0.15, 0.2) is 91.8 Å². The second-order valence-electron chi connectivity index (χ2n) is 35.3. The summed E-state index contributed by atoms with van der Waals surface area (Å²) in [6, 6.07) is 13.5. The number of anilines is 6. The fourth-order valence-corrected chi connectivity index (χ4v) is 19.5. The highest BCUT2D eigenvalue weighted by molar-refractivity contribution is 6.35. The molecule has 3 unspecified atom stereocenters. The van der Waals surface area contributed by atoms with Crippen LogP contribution in [0.3, 0.4) is 0 Å². The zero-order chi connectivity index (χ0) is 99.8. The summed E-state index contributed by atoms with van der Waals surface area (Å²) in [6.45, 7) is 22.4. The van der Waals surface area contributed by atoms with Gasteiger partial charge >= 0.3 is 36.6 Å². The SMILES string of the molecule is C=C(F)C(=O)N1CC(C)N(c2nc(OC[C@@H]3C[C@@H](C)CN3C)nc3cc(-c4nc(N)cc(C)c4C(F)(F)F)c(Cl)cc23)C[C@H]1CC#N.C=C(F)C(=O)N1CCN(c2nc(OC[C@@H]3CCCN3C)nc3cc(-c4nc(N)cc(C)c4C(F)(F)F)c(Cl)cc23)CC1CF.C=C(F)C(=O)N1CCN(c2nc(OC[C@@H]3C[C@@H](C)CN3C)nc3cc(-c4nc(N)cc(C)c4C(F)(F)F)c(Cl)cc23)CC1CC#N. The zero-order valence-corrected chi connectivity index (χ0v) is 78.3. The Labute approximate surface area is 795 Å². The molecule has 3 aromatic carbocycles. The van der Waals surface area contributed by atoms with E-state index in [1.807, 2.05) is 32.1 Å². The van der Waals surface area contributed by atoms with Crippen LogP contribution in [0.25, 0.3) is 66.5 Å². The van der Waals surface area contributed by atoms with Crippen LogP contribution < -0.4 is 46.1 Å². The number of nitrogen functional groups attached to an aromatic ring is 3. The van der Waals surface area contributed by atoms with Crippen molar-refractivity contribution in [2.24, 2.45) is 11.8 Å². The molecule has 29 nitrogen and oxygen atoms in total. The molecule has 0 bridgehead atoms. The van der Waals surface area contributed by atoms with E-state index in [0.717, 1.165) is 68.4 Å². The number of piperazine rings is 3. The molecule has 0 radical (unpaired) electrons. The van der Waals surface area contributed by atoms with Gasteiger partial charge in [-0.1, -0.05) is 68.4 Å². The van der Waals surface area contributed by atoms with Crippen molar-refractivity contribution >= 4 is 120 Å². The molecule has 6 fully saturated rings. The normalized spacial score (nSPS) is 20.8. The maximum Gasteiger partial charge on any atom is 0.418 e. The number of alkyl halides is 10. The second-order valence-corrected chi connectivity index (χ2v) is 36.5. The molecule has 6 aliphatic rings. The summed E-state index contributed by atoms with van der Waals surface area (Å²) >= 11 is 20.0. The topological polar surface area (TPSA) is 350 Å². The molecule has 6 aromatic heterocycles. The molecule has 15 rings (SSSR count). The van der Waals surface area contributed by atoms with Gasteiger partial charge < -0.3 is 65.7 Å². The van der Waals surface area contributed by atoms with Gasteiger partial charge in [0.1, 0.15) is 61.4 Å². The van der Waals surface area contributed by atoms with Crippen molar-refractivity contribution in [2.45, 2.75) is 141 Å². The van der Waals surface area contributed by atoms with Crippen molar-refractivity contribution in [1.29, 1.82) is 10.5 Å². The van der Waals surface area contributed by atoms with Gasteiger partial charge in [-0.2, -0.15) is 79.9 Å². The van der Waals surface area contributed by atoms with Gasteiger partial charge in [0.2, 0.25) is 0 Å². The van der Waals surface area contributed by atoms with Crippen LogP contribution in [0.1, 0.15) is 92.7 Å².